The number of ether oxygens (including phenoxy) is 1. The van der Waals surface area contributed by atoms with Crippen LogP contribution in [0, 0.1) is 0 Å². The molecular weight excluding hydrogens is 174 g/mol. The highest BCUT2D eigenvalue weighted by atomic mass is 16.5. The molecule has 5 heteroatoms. The van der Waals surface area contributed by atoms with Crippen LogP contribution in [0.15, 0.2) is 12.2 Å². The summed E-state index contributed by atoms with van der Waals surface area (Å²) in [4.78, 5) is 21.0. The third-order valence-corrected chi connectivity index (χ3v) is 1.65. The smallest absolute Gasteiger partial charge is 0.328 e. The number of carboxylic acids is 1. The molecule has 1 fully saturated rings. The van der Waals surface area contributed by atoms with Crippen molar-refractivity contribution in [1.82, 2.24) is 5.32 Å². The van der Waals surface area contributed by atoms with Gasteiger partial charge in [0, 0.05) is 18.8 Å². The molecule has 0 saturated carbocycles. The Balaban J connectivity index is 2.28. The van der Waals surface area contributed by atoms with Gasteiger partial charge in [-0.2, -0.15) is 0 Å². The van der Waals surface area contributed by atoms with Gasteiger partial charge in [0.15, 0.2) is 0 Å². The largest absolute Gasteiger partial charge is 0.478 e. The molecule has 1 heterocycles. The molecule has 0 aliphatic carbocycles. The molecular formula is C8H11NO4. The van der Waals surface area contributed by atoms with E-state index in [-0.39, 0.29) is 6.04 Å². The number of hydrogen-bond donors (Lipinski definition) is 2. The lowest BCUT2D eigenvalue weighted by atomic mass is 10.2. The van der Waals surface area contributed by atoms with Crippen molar-refractivity contribution in [1.29, 1.82) is 0 Å². The monoisotopic (exact) mass is 185 g/mol. The third-order valence-electron chi connectivity index (χ3n) is 1.65. The average molecular weight is 185 g/mol. The molecule has 1 rings (SSSR count). The first-order chi connectivity index (χ1) is 6.18. The number of nitrogens with one attached hydrogen (secondary N) is 1. The standard InChI is InChI=1S/C8H11NO4/c10-7(1-2-8(11)12)9-6-3-4-13-5-6/h1-2,6H,3-5H2,(H,9,10)(H,11,12)/b2-1+. The van der Waals surface area contributed by atoms with Gasteiger partial charge in [-0.25, -0.2) is 4.79 Å². The molecule has 13 heavy (non-hydrogen) atoms. The Kier molecular flexibility index (Phi) is 3.45. The van der Waals surface area contributed by atoms with Gasteiger partial charge in [-0.05, 0) is 6.42 Å². The molecule has 0 aromatic rings. The van der Waals surface area contributed by atoms with E-state index in [1.54, 1.807) is 0 Å². The Morgan fingerprint density at radius 1 is 1.46 bits per heavy atom. The van der Waals surface area contributed by atoms with Crippen LogP contribution in [-0.2, 0) is 14.3 Å². The third kappa shape index (κ3) is 3.71. The summed E-state index contributed by atoms with van der Waals surface area (Å²) in [5.41, 5.74) is 0. The number of hydrogen-bond acceptors (Lipinski definition) is 3. The number of rotatable bonds is 3. The molecule has 0 aromatic heterocycles. The normalized spacial score (nSPS) is 22.0. The highest BCUT2D eigenvalue weighted by Crippen LogP contribution is 2.02. The second-order valence-corrected chi connectivity index (χ2v) is 2.74. The van der Waals surface area contributed by atoms with E-state index in [1.807, 2.05) is 0 Å². The van der Waals surface area contributed by atoms with Crippen LogP contribution in [0.5, 0.6) is 0 Å². The van der Waals surface area contributed by atoms with Crippen LogP contribution in [0.1, 0.15) is 6.42 Å². The van der Waals surface area contributed by atoms with Gasteiger partial charge in [-0.3, -0.25) is 4.79 Å². The summed E-state index contributed by atoms with van der Waals surface area (Å²) in [6.07, 6.45) is 2.60. The molecule has 1 atom stereocenters. The zero-order valence-corrected chi connectivity index (χ0v) is 7.03. The minimum absolute atomic E-state index is 0.0194. The number of amides is 1. The Labute approximate surface area is 75.4 Å². The first kappa shape index (κ1) is 9.73. The van der Waals surface area contributed by atoms with E-state index in [0.29, 0.717) is 13.2 Å². The van der Waals surface area contributed by atoms with Crippen molar-refractivity contribution in [3.05, 3.63) is 12.2 Å². The summed E-state index contributed by atoms with van der Waals surface area (Å²) in [6, 6.07) is 0.0194. The molecule has 1 unspecified atom stereocenters. The van der Waals surface area contributed by atoms with Crippen molar-refractivity contribution in [3.8, 4) is 0 Å². The van der Waals surface area contributed by atoms with Gasteiger partial charge >= 0.3 is 5.97 Å². The number of aliphatic carboxylic acids is 1. The van der Waals surface area contributed by atoms with Crippen LogP contribution in [0.2, 0.25) is 0 Å². The van der Waals surface area contributed by atoms with E-state index in [9.17, 15) is 9.59 Å². The van der Waals surface area contributed by atoms with Crippen molar-refractivity contribution in [2.24, 2.45) is 0 Å². The second kappa shape index (κ2) is 4.61. The average Bonchev–Trinajstić information content (AvgIpc) is 2.53. The van der Waals surface area contributed by atoms with E-state index >= 15 is 0 Å². The summed E-state index contributed by atoms with van der Waals surface area (Å²) in [5, 5.41) is 10.9. The van der Waals surface area contributed by atoms with Gasteiger partial charge in [-0.1, -0.05) is 0 Å². The highest BCUT2D eigenvalue weighted by molar-refractivity contribution is 5.93. The summed E-state index contributed by atoms with van der Waals surface area (Å²) in [5.74, 6) is -1.52. The maximum atomic E-state index is 11.0. The SMILES string of the molecule is O=C(O)/C=C/C(=O)NC1CCOC1. The summed E-state index contributed by atoms with van der Waals surface area (Å²) in [7, 11) is 0. The van der Waals surface area contributed by atoms with Crippen molar-refractivity contribution in [3.63, 3.8) is 0 Å². The van der Waals surface area contributed by atoms with Crippen LogP contribution in [-0.4, -0.2) is 36.2 Å². The summed E-state index contributed by atoms with van der Waals surface area (Å²) in [6.45, 7) is 1.15. The molecule has 1 amide bonds. The van der Waals surface area contributed by atoms with Crippen molar-refractivity contribution in [2.45, 2.75) is 12.5 Å². The van der Waals surface area contributed by atoms with E-state index in [4.69, 9.17) is 9.84 Å². The van der Waals surface area contributed by atoms with Gasteiger partial charge in [0.05, 0.1) is 12.6 Å². The molecule has 0 spiro atoms. The lowest BCUT2D eigenvalue weighted by Gasteiger charge is -2.06. The number of carbonyl (C=O) groups excluding carboxylic acids is 1. The highest BCUT2D eigenvalue weighted by Gasteiger charge is 2.16. The fourth-order valence-corrected chi connectivity index (χ4v) is 1.04. The van der Waals surface area contributed by atoms with Crippen molar-refractivity contribution in [2.75, 3.05) is 13.2 Å². The van der Waals surface area contributed by atoms with E-state index < -0.39 is 11.9 Å². The molecule has 1 aliphatic heterocycles. The Bertz CT molecular complexity index is 230. The predicted octanol–water partition coefficient (Wildman–Crippen LogP) is -0.468. The zero-order valence-electron chi connectivity index (χ0n) is 7.03. The van der Waals surface area contributed by atoms with Gasteiger partial charge in [0.25, 0.3) is 0 Å². The zero-order chi connectivity index (χ0) is 9.68. The molecule has 0 aromatic carbocycles. The lowest BCUT2D eigenvalue weighted by molar-refractivity contribution is -0.131. The lowest BCUT2D eigenvalue weighted by Crippen LogP contribution is -2.33. The molecule has 1 saturated heterocycles. The summed E-state index contributed by atoms with van der Waals surface area (Å²) >= 11 is 0. The predicted molar refractivity (Wildman–Crippen MR) is 44.1 cm³/mol. The maximum absolute atomic E-state index is 11.0. The second-order valence-electron chi connectivity index (χ2n) is 2.74. The minimum atomic E-state index is -1.13. The Morgan fingerprint density at radius 3 is 2.77 bits per heavy atom. The minimum Gasteiger partial charge on any atom is -0.478 e. The van der Waals surface area contributed by atoms with Crippen LogP contribution in [0.4, 0.5) is 0 Å². The van der Waals surface area contributed by atoms with Crippen LogP contribution < -0.4 is 5.32 Å². The molecule has 2 N–H and O–H groups in total. The van der Waals surface area contributed by atoms with Crippen LogP contribution in [0.25, 0.3) is 0 Å². The van der Waals surface area contributed by atoms with E-state index in [1.165, 1.54) is 0 Å². The maximum Gasteiger partial charge on any atom is 0.328 e. The first-order valence-electron chi connectivity index (χ1n) is 3.98. The van der Waals surface area contributed by atoms with Crippen LogP contribution >= 0.6 is 0 Å². The number of carbonyl (C=O) groups is 2. The fraction of sp³-hybridized carbons (Fsp3) is 0.500. The molecule has 0 bridgehead atoms. The molecule has 5 nitrogen and oxygen atoms in total. The van der Waals surface area contributed by atoms with Crippen LogP contribution in [0.3, 0.4) is 0 Å². The molecule has 1 aliphatic rings. The van der Waals surface area contributed by atoms with Gasteiger partial charge < -0.3 is 15.2 Å². The van der Waals surface area contributed by atoms with Crippen molar-refractivity contribution >= 4 is 11.9 Å². The molecule has 72 valence electrons. The van der Waals surface area contributed by atoms with Crippen molar-refractivity contribution < 1.29 is 19.4 Å². The van der Waals surface area contributed by atoms with Gasteiger partial charge in [-0.15, -0.1) is 0 Å². The topological polar surface area (TPSA) is 75.6 Å². The quantitative estimate of drug-likeness (QED) is 0.583. The first-order valence-corrected chi connectivity index (χ1v) is 3.98. The molecule has 0 radical (unpaired) electrons. The fourth-order valence-electron chi connectivity index (χ4n) is 1.04. The van der Waals surface area contributed by atoms with Gasteiger partial charge in [0.2, 0.25) is 5.91 Å². The Hall–Kier alpha value is -1.36. The van der Waals surface area contributed by atoms with E-state index in [2.05, 4.69) is 5.32 Å². The summed E-state index contributed by atoms with van der Waals surface area (Å²) < 4.78 is 5.03. The van der Waals surface area contributed by atoms with E-state index in [0.717, 1.165) is 18.6 Å². The number of carboxylic acid groups (broad SMARTS) is 1. The van der Waals surface area contributed by atoms with Gasteiger partial charge in [0.1, 0.15) is 0 Å². The Morgan fingerprint density at radius 2 is 2.23 bits per heavy atom.